The number of hydrogen-bond donors (Lipinski definition) is 1. The molecule has 72 valence electrons. The van der Waals surface area contributed by atoms with Crippen molar-refractivity contribution in [2.45, 2.75) is 19.8 Å². The Morgan fingerprint density at radius 3 is 2.64 bits per heavy atom. The van der Waals surface area contributed by atoms with Crippen molar-refractivity contribution in [2.75, 3.05) is 5.32 Å². The van der Waals surface area contributed by atoms with Gasteiger partial charge < -0.3 is 5.32 Å². The first-order chi connectivity index (χ1) is 6.72. The Labute approximate surface area is 83.4 Å². The Bertz CT molecular complexity index is 349. The molecule has 1 aromatic rings. The van der Waals surface area contributed by atoms with E-state index in [-0.39, 0.29) is 18.7 Å². The van der Waals surface area contributed by atoms with Crippen LogP contribution in [0.4, 0.5) is 5.69 Å². The van der Waals surface area contributed by atoms with Crippen molar-refractivity contribution in [1.29, 1.82) is 5.26 Å². The molecule has 0 bridgehead atoms. The predicted molar refractivity (Wildman–Crippen MR) is 54.7 cm³/mol. The number of rotatable bonds is 3. The van der Waals surface area contributed by atoms with E-state index in [9.17, 15) is 4.79 Å². The number of anilines is 1. The van der Waals surface area contributed by atoms with Gasteiger partial charge in [0.25, 0.3) is 0 Å². The zero-order valence-electron chi connectivity index (χ0n) is 8.08. The molecule has 0 aliphatic heterocycles. The topological polar surface area (TPSA) is 52.9 Å². The van der Waals surface area contributed by atoms with Crippen LogP contribution in [0.5, 0.6) is 0 Å². The summed E-state index contributed by atoms with van der Waals surface area (Å²) in [5.41, 5.74) is 1.93. The number of carbonyl (C=O) groups is 1. The van der Waals surface area contributed by atoms with Crippen LogP contribution < -0.4 is 5.32 Å². The van der Waals surface area contributed by atoms with Crippen molar-refractivity contribution in [3.05, 3.63) is 29.8 Å². The van der Waals surface area contributed by atoms with Crippen LogP contribution in [-0.4, -0.2) is 5.91 Å². The first-order valence-electron chi connectivity index (χ1n) is 4.46. The van der Waals surface area contributed by atoms with Crippen molar-refractivity contribution in [2.24, 2.45) is 0 Å². The highest BCUT2D eigenvalue weighted by atomic mass is 16.1. The molecule has 3 nitrogen and oxygen atoms in total. The van der Waals surface area contributed by atoms with E-state index >= 15 is 0 Å². The lowest BCUT2D eigenvalue weighted by Crippen LogP contribution is -2.10. The molecule has 0 fully saturated rings. The van der Waals surface area contributed by atoms with Crippen LogP contribution in [0.2, 0.25) is 0 Å². The molecule has 0 aliphatic rings. The van der Waals surface area contributed by atoms with Gasteiger partial charge in [0.05, 0.1) is 6.07 Å². The van der Waals surface area contributed by atoms with Gasteiger partial charge in [0.15, 0.2) is 0 Å². The fraction of sp³-hybridized carbons (Fsp3) is 0.273. The monoisotopic (exact) mass is 188 g/mol. The number of amides is 1. The summed E-state index contributed by atoms with van der Waals surface area (Å²) in [6.45, 7) is 1.99. The third-order valence-electron chi connectivity index (χ3n) is 1.80. The van der Waals surface area contributed by atoms with Gasteiger partial charge in [-0.2, -0.15) is 5.26 Å². The van der Waals surface area contributed by atoms with E-state index in [0.717, 1.165) is 11.3 Å². The smallest absolute Gasteiger partial charge is 0.225 e. The molecule has 0 aromatic heterocycles. The number of benzene rings is 1. The Morgan fingerprint density at radius 2 is 2.07 bits per heavy atom. The molecule has 0 unspecified atom stereocenters. The van der Waals surface area contributed by atoms with Gasteiger partial charge in [-0.05, 0) is 19.1 Å². The summed E-state index contributed by atoms with van der Waals surface area (Å²) in [7, 11) is 0. The number of carbonyl (C=O) groups excluding carboxylic acids is 1. The van der Waals surface area contributed by atoms with Crippen molar-refractivity contribution in [3.8, 4) is 6.07 Å². The Hall–Kier alpha value is -1.82. The first-order valence-corrected chi connectivity index (χ1v) is 4.46. The molecule has 1 N–H and O–H groups in total. The summed E-state index contributed by atoms with van der Waals surface area (Å²) in [4.78, 5) is 11.2. The highest BCUT2D eigenvalue weighted by molar-refractivity contribution is 5.90. The molecule has 1 amide bonds. The summed E-state index contributed by atoms with van der Waals surface area (Å²) in [5.74, 6) is -0.115. The van der Waals surface area contributed by atoms with Crippen LogP contribution >= 0.6 is 0 Å². The van der Waals surface area contributed by atoms with Crippen LogP contribution in [0.1, 0.15) is 18.4 Å². The Balaban J connectivity index is 2.49. The van der Waals surface area contributed by atoms with Gasteiger partial charge in [0.1, 0.15) is 0 Å². The largest absolute Gasteiger partial charge is 0.326 e. The summed E-state index contributed by atoms with van der Waals surface area (Å²) >= 11 is 0. The highest BCUT2D eigenvalue weighted by Crippen LogP contribution is 2.08. The van der Waals surface area contributed by atoms with Gasteiger partial charge in [0.2, 0.25) is 5.91 Å². The molecule has 0 heterocycles. The van der Waals surface area contributed by atoms with Gasteiger partial charge in [-0.15, -0.1) is 0 Å². The second-order valence-corrected chi connectivity index (χ2v) is 3.07. The van der Waals surface area contributed by atoms with Crippen LogP contribution in [-0.2, 0) is 4.79 Å². The van der Waals surface area contributed by atoms with Crippen molar-refractivity contribution < 1.29 is 4.79 Å². The lowest BCUT2D eigenvalue weighted by atomic mass is 10.2. The van der Waals surface area contributed by atoms with Gasteiger partial charge in [-0.3, -0.25) is 4.79 Å². The minimum Gasteiger partial charge on any atom is -0.326 e. The quantitative estimate of drug-likeness (QED) is 0.790. The first kappa shape index (κ1) is 10.3. The van der Waals surface area contributed by atoms with Crippen molar-refractivity contribution >= 4 is 11.6 Å². The summed E-state index contributed by atoms with van der Waals surface area (Å²) in [5, 5.41) is 11.0. The van der Waals surface area contributed by atoms with Crippen molar-refractivity contribution in [1.82, 2.24) is 0 Å². The summed E-state index contributed by atoms with van der Waals surface area (Å²) in [6.07, 6.45) is 0.516. The molecule has 1 aromatic carbocycles. The zero-order chi connectivity index (χ0) is 10.4. The Morgan fingerprint density at radius 1 is 1.43 bits per heavy atom. The molecular formula is C11H12N2O. The van der Waals surface area contributed by atoms with E-state index in [2.05, 4.69) is 5.32 Å². The third-order valence-corrected chi connectivity index (χ3v) is 1.80. The average Bonchev–Trinajstić information content (AvgIpc) is 2.18. The molecule has 0 spiro atoms. The molecule has 0 saturated heterocycles. The van der Waals surface area contributed by atoms with Crippen LogP contribution in [0, 0.1) is 18.3 Å². The number of nitrogens with zero attached hydrogens (tertiary/aromatic N) is 1. The lowest BCUT2D eigenvalue weighted by Gasteiger charge is -2.03. The molecule has 0 aliphatic carbocycles. The average molecular weight is 188 g/mol. The normalized spacial score (nSPS) is 9.14. The number of hydrogen-bond acceptors (Lipinski definition) is 2. The van der Waals surface area contributed by atoms with E-state index in [1.807, 2.05) is 37.3 Å². The van der Waals surface area contributed by atoms with Crippen LogP contribution in [0.3, 0.4) is 0 Å². The number of nitriles is 1. The fourth-order valence-electron chi connectivity index (χ4n) is 1.03. The number of aryl methyl sites for hydroxylation is 1. The maximum Gasteiger partial charge on any atom is 0.225 e. The minimum absolute atomic E-state index is 0.115. The van der Waals surface area contributed by atoms with Crippen LogP contribution in [0.25, 0.3) is 0 Å². The van der Waals surface area contributed by atoms with Gasteiger partial charge in [-0.1, -0.05) is 17.7 Å². The third kappa shape index (κ3) is 3.28. The van der Waals surface area contributed by atoms with Gasteiger partial charge in [0, 0.05) is 18.5 Å². The molecule has 0 atom stereocenters. The summed E-state index contributed by atoms with van der Waals surface area (Å²) < 4.78 is 0. The predicted octanol–water partition coefficient (Wildman–Crippen LogP) is 2.24. The standard InChI is InChI=1S/C11H12N2O/c1-9-4-6-10(7-5-9)13-11(14)3-2-8-12/h4-7H,2-3H2,1H3,(H,13,14). The number of nitrogens with one attached hydrogen (secondary N) is 1. The van der Waals surface area contributed by atoms with E-state index in [0.29, 0.717) is 0 Å². The SMILES string of the molecule is Cc1ccc(NC(=O)CCC#N)cc1. The fourth-order valence-corrected chi connectivity index (χ4v) is 1.03. The summed E-state index contributed by atoms with van der Waals surface area (Å²) in [6, 6.07) is 9.49. The minimum atomic E-state index is -0.115. The lowest BCUT2D eigenvalue weighted by molar-refractivity contribution is -0.116. The van der Waals surface area contributed by atoms with E-state index in [1.165, 1.54) is 0 Å². The second kappa shape index (κ2) is 5.03. The van der Waals surface area contributed by atoms with Crippen molar-refractivity contribution in [3.63, 3.8) is 0 Å². The second-order valence-electron chi connectivity index (χ2n) is 3.07. The highest BCUT2D eigenvalue weighted by Gasteiger charge is 2.00. The zero-order valence-corrected chi connectivity index (χ0v) is 8.08. The molecule has 1 rings (SSSR count). The maximum absolute atomic E-state index is 11.2. The van der Waals surface area contributed by atoms with Gasteiger partial charge >= 0.3 is 0 Å². The van der Waals surface area contributed by atoms with Gasteiger partial charge in [-0.25, -0.2) is 0 Å². The van der Waals surface area contributed by atoms with E-state index in [4.69, 9.17) is 5.26 Å². The molecule has 3 heteroatoms. The maximum atomic E-state index is 11.2. The molecular weight excluding hydrogens is 176 g/mol. The van der Waals surface area contributed by atoms with Crippen LogP contribution in [0.15, 0.2) is 24.3 Å². The molecule has 0 radical (unpaired) electrons. The molecule has 0 saturated carbocycles. The Kier molecular flexibility index (Phi) is 3.69. The molecule has 14 heavy (non-hydrogen) atoms. The van der Waals surface area contributed by atoms with E-state index in [1.54, 1.807) is 0 Å². The van der Waals surface area contributed by atoms with E-state index < -0.39 is 0 Å².